The summed E-state index contributed by atoms with van der Waals surface area (Å²) in [5.74, 6) is 0. The molecule has 1 aromatic rings. The topological polar surface area (TPSA) is 90.2 Å². The SMILES string of the molecule is O=NN(O)c1ccccc1.[O]=[Al][OH]. The molecule has 1 rings (SSSR count). The van der Waals surface area contributed by atoms with Crippen LogP contribution >= 0.6 is 0 Å². The van der Waals surface area contributed by atoms with Crippen LogP contribution in [0, 0.1) is 4.91 Å². The minimum absolute atomic E-state index is 0.278. The van der Waals surface area contributed by atoms with Crippen LogP contribution in [-0.4, -0.2) is 24.9 Å². The molecule has 0 aliphatic heterocycles. The van der Waals surface area contributed by atoms with Gasteiger partial charge in [-0.25, -0.2) is 0 Å². The van der Waals surface area contributed by atoms with E-state index in [0.29, 0.717) is 5.69 Å². The number of para-hydroxylation sites is 1. The molecular formula is C6H7AlN2O4. The normalized spacial score (nSPS) is 7.46. The van der Waals surface area contributed by atoms with Gasteiger partial charge in [-0.05, 0) is 12.1 Å². The molecule has 13 heavy (non-hydrogen) atoms. The Hall–Kier alpha value is -1.29. The van der Waals surface area contributed by atoms with Gasteiger partial charge in [0.05, 0.1) is 11.0 Å². The first-order valence-electron chi connectivity index (χ1n) is 3.21. The fourth-order valence-corrected chi connectivity index (χ4v) is 0.608. The quantitative estimate of drug-likeness (QED) is 0.410. The van der Waals surface area contributed by atoms with Gasteiger partial charge in [-0.1, -0.05) is 18.2 Å². The van der Waals surface area contributed by atoms with E-state index in [1.54, 1.807) is 30.3 Å². The first-order chi connectivity index (χ1) is 6.26. The molecule has 0 bridgehead atoms. The zero-order valence-corrected chi connectivity index (χ0v) is 7.72. The van der Waals surface area contributed by atoms with Crippen molar-refractivity contribution >= 4 is 21.2 Å². The zero-order valence-electron chi connectivity index (χ0n) is 6.57. The van der Waals surface area contributed by atoms with Crippen LogP contribution < -0.4 is 5.17 Å². The number of nitroso groups, excluding NO2 is 1. The van der Waals surface area contributed by atoms with E-state index in [1.165, 1.54) is 0 Å². The van der Waals surface area contributed by atoms with Crippen molar-refractivity contribution in [3.05, 3.63) is 35.2 Å². The summed E-state index contributed by atoms with van der Waals surface area (Å²) in [6.45, 7) is 0. The molecule has 0 unspecified atom stereocenters. The van der Waals surface area contributed by atoms with Crippen LogP contribution in [0.1, 0.15) is 0 Å². The molecule has 0 amide bonds. The molecule has 0 aliphatic carbocycles. The van der Waals surface area contributed by atoms with Gasteiger partial charge in [-0.3, -0.25) is 5.21 Å². The molecule has 0 saturated carbocycles. The van der Waals surface area contributed by atoms with Gasteiger partial charge in [-0.15, -0.1) is 10.1 Å². The van der Waals surface area contributed by atoms with Gasteiger partial charge in [0.1, 0.15) is 0 Å². The monoisotopic (exact) mass is 198 g/mol. The molecule has 1 aromatic carbocycles. The summed E-state index contributed by atoms with van der Waals surface area (Å²) in [4.78, 5) is 9.73. The Morgan fingerprint density at radius 2 is 1.77 bits per heavy atom. The Morgan fingerprint density at radius 1 is 1.31 bits per heavy atom. The van der Waals surface area contributed by atoms with Crippen LogP contribution in [0.4, 0.5) is 5.69 Å². The molecule has 0 fully saturated rings. The van der Waals surface area contributed by atoms with Gasteiger partial charge < -0.3 is 0 Å². The van der Waals surface area contributed by atoms with Crippen molar-refractivity contribution in [2.24, 2.45) is 5.29 Å². The maximum absolute atomic E-state index is 9.73. The Labute approximate surface area is 80.6 Å². The summed E-state index contributed by atoms with van der Waals surface area (Å²) in [5.41, 5.74) is 0.359. The first-order valence-corrected chi connectivity index (χ1v) is 4.20. The molecule has 0 spiro atoms. The fraction of sp³-hybridized carbons (Fsp3) is 0. The second kappa shape index (κ2) is 7.37. The summed E-state index contributed by atoms with van der Waals surface area (Å²) < 4.78 is 15.7. The third kappa shape index (κ3) is 5.03. The number of nitrogens with zero attached hydrogens (tertiary/aromatic N) is 2. The summed E-state index contributed by atoms with van der Waals surface area (Å²) in [6.07, 6.45) is 0. The molecule has 68 valence electrons. The second-order valence-electron chi connectivity index (χ2n) is 1.81. The average Bonchev–Trinajstić information content (AvgIpc) is 2.19. The van der Waals surface area contributed by atoms with Crippen LogP contribution in [0.15, 0.2) is 35.6 Å². The van der Waals surface area contributed by atoms with Crippen molar-refractivity contribution in [2.45, 2.75) is 0 Å². The summed E-state index contributed by atoms with van der Waals surface area (Å²) in [6, 6.07) is 8.32. The average molecular weight is 198 g/mol. The van der Waals surface area contributed by atoms with E-state index >= 15 is 0 Å². The third-order valence-corrected chi connectivity index (χ3v) is 1.06. The zero-order chi connectivity index (χ0) is 10.1. The van der Waals surface area contributed by atoms with Gasteiger partial charge in [0.25, 0.3) is 0 Å². The standard InChI is InChI=1S/C6H6N2O2.Al.H2O.O/c9-7-8(10)6-4-2-1-3-5-6;;;/h1-5,10H;;1H2;/q;+1;;/p-1. The first kappa shape index (κ1) is 11.7. The van der Waals surface area contributed by atoms with E-state index in [0.717, 1.165) is 0 Å². The molecule has 0 aromatic heterocycles. The van der Waals surface area contributed by atoms with Crippen molar-refractivity contribution in [3.8, 4) is 0 Å². The number of hydrogen-bond acceptors (Lipinski definition) is 4. The van der Waals surface area contributed by atoms with Crippen LogP contribution in [0.25, 0.3) is 0 Å². The number of benzene rings is 1. The molecule has 0 heterocycles. The Kier molecular flexibility index (Phi) is 6.64. The van der Waals surface area contributed by atoms with E-state index in [9.17, 15) is 4.91 Å². The Morgan fingerprint density at radius 3 is 2.15 bits per heavy atom. The summed E-state index contributed by atoms with van der Waals surface area (Å²) in [7, 11) is 0. The van der Waals surface area contributed by atoms with Crippen LogP contribution in [0.2, 0.25) is 0 Å². The fourth-order valence-electron chi connectivity index (χ4n) is 0.608. The molecule has 0 aliphatic rings. The van der Waals surface area contributed by atoms with Crippen molar-refractivity contribution in [3.63, 3.8) is 0 Å². The molecule has 0 atom stereocenters. The van der Waals surface area contributed by atoms with Crippen molar-refractivity contribution in [1.29, 1.82) is 0 Å². The maximum atomic E-state index is 9.73. The van der Waals surface area contributed by atoms with E-state index < -0.39 is 15.5 Å². The Bertz CT molecular complexity index is 256. The van der Waals surface area contributed by atoms with Gasteiger partial charge >= 0.3 is 23.4 Å². The molecular weight excluding hydrogens is 191 g/mol. The number of rotatable bonds is 2. The molecule has 2 N–H and O–H groups in total. The second-order valence-corrected chi connectivity index (χ2v) is 2.02. The predicted molar refractivity (Wildman–Crippen MR) is 45.2 cm³/mol. The molecule has 0 radical (unpaired) electrons. The van der Waals surface area contributed by atoms with E-state index in [2.05, 4.69) is 5.29 Å². The van der Waals surface area contributed by atoms with E-state index in [-0.39, 0.29) is 5.17 Å². The minimum atomic E-state index is -1.50. The number of anilines is 1. The molecule has 0 saturated heterocycles. The Balaban J connectivity index is 0.000000424. The van der Waals surface area contributed by atoms with Crippen LogP contribution in [0.3, 0.4) is 0 Å². The molecule has 6 nitrogen and oxygen atoms in total. The van der Waals surface area contributed by atoms with Gasteiger partial charge in [-0.2, -0.15) is 0 Å². The predicted octanol–water partition coefficient (Wildman–Crippen LogP) is 0.507. The van der Waals surface area contributed by atoms with Crippen LogP contribution in [-0.2, 0) is 3.80 Å². The van der Waals surface area contributed by atoms with Gasteiger partial charge in [0.15, 0.2) is 0 Å². The number of hydrogen-bond donors (Lipinski definition) is 2. The van der Waals surface area contributed by atoms with Crippen molar-refractivity contribution in [1.82, 2.24) is 0 Å². The van der Waals surface area contributed by atoms with Gasteiger partial charge in [0.2, 0.25) is 0 Å². The summed E-state index contributed by atoms with van der Waals surface area (Å²) >= 11 is -1.50. The van der Waals surface area contributed by atoms with Crippen molar-refractivity contribution < 1.29 is 13.2 Å². The van der Waals surface area contributed by atoms with Gasteiger partial charge in [0, 0.05) is 0 Å². The molecule has 7 heteroatoms. The van der Waals surface area contributed by atoms with E-state index in [1.807, 2.05) is 0 Å². The summed E-state index contributed by atoms with van der Waals surface area (Å²) in [5, 5.41) is 11.3. The van der Waals surface area contributed by atoms with Crippen LogP contribution in [0.5, 0.6) is 0 Å². The van der Waals surface area contributed by atoms with Crippen molar-refractivity contribution in [2.75, 3.05) is 5.17 Å². The van der Waals surface area contributed by atoms with E-state index in [4.69, 9.17) is 13.2 Å². The third-order valence-electron chi connectivity index (χ3n) is 1.06.